The number of thiophene rings is 1. The zero-order valence-corrected chi connectivity index (χ0v) is 15.6. The van der Waals surface area contributed by atoms with Crippen LogP contribution in [0.3, 0.4) is 0 Å². The highest BCUT2D eigenvalue weighted by molar-refractivity contribution is 7.99. The van der Waals surface area contributed by atoms with Crippen LogP contribution >= 0.6 is 23.1 Å². The number of thioether (sulfide) groups is 1. The molecule has 0 radical (unpaired) electrons. The molecule has 0 spiro atoms. The number of ketones is 1. The second kappa shape index (κ2) is 6.77. The first-order valence-corrected chi connectivity index (χ1v) is 10.2. The summed E-state index contributed by atoms with van der Waals surface area (Å²) in [4.78, 5) is 32.0. The van der Waals surface area contributed by atoms with Gasteiger partial charge < -0.3 is 0 Å². The van der Waals surface area contributed by atoms with E-state index in [1.165, 1.54) is 28.6 Å². The number of rotatable bonds is 4. The number of nitrogens with zero attached hydrogens (tertiary/aromatic N) is 2. The Balaban J connectivity index is 1.65. The molecule has 2 heterocycles. The third-order valence-corrected chi connectivity index (χ3v) is 6.80. The number of fused-ring (bicyclic) bond motifs is 3. The molecule has 3 aromatic rings. The first kappa shape index (κ1) is 16.5. The molecule has 1 aliphatic carbocycles. The first-order chi connectivity index (χ1) is 12.1. The van der Waals surface area contributed by atoms with Crippen molar-refractivity contribution in [2.45, 2.75) is 30.8 Å². The fraction of sp³-hybridized carbons (Fsp3) is 0.316. The fourth-order valence-corrected chi connectivity index (χ4v) is 5.40. The Labute approximate surface area is 153 Å². The Kier molecular flexibility index (Phi) is 4.48. The van der Waals surface area contributed by atoms with Gasteiger partial charge in [0.25, 0.3) is 5.56 Å². The summed E-state index contributed by atoms with van der Waals surface area (Å²) in [6, 6.07) is 9.22. The standard InChI is InChI=1S/C19H18N2O2S2/c1-21-18(23)16-13-9-5-6-10-15(13)25-17(16)20-19(21)24-11-14(22)12-7-3-2-4-8-12/h2-4,7-8H,5-6,9-11H2,1H3. The lowest BCUT2D eigenvalue weighted by molar-refractivity contribution is 0.102. The Hall–Kier alpha value is -1.92. The summed E-state index contributed by atoms with van der Waals surface area (Å²) in [6.07, 6.45) is 4.36. The average molecular weight is 370 g/mol. The van der Waals surface area contributed by atoms with Gasteiger partial charge in [-0.3, -0.25) is 14.2 Å². The first-order valence-electron chi connectivity index (χ1n) is 8.37. The molecule has 0 unspecified atom stereocenters. The maximum absolute atomic E-state index is 12.8. The molecule has 0 saturated heterocycles. The van der Waals surface area contributed by atoms with E-state index in [-0.39, 0.29) is 17.1 Å². The van der Waals surface area contributed by atoms with Gasteiger partial charge in [0.05, 0.1) is 11.1 Å². The van der Waals surface area contributed by atoms with Gasteiger partial charge in [-0.1, -0.05) is 42.1 Å². The summed E-state index contributed by atoms with van der Waals surface area (Å²) in [5.74, 6) is 0.325. The minimum Gasteiger partial charge on any atom is -0.293 e. The molecule has 2 aromatic heterocycles. The molecule has 25 heavy (non-hydrogen) atoms. The van der Waals surface area contributed by atoms with E-state index in [2.05, 4.69) is 0 Å². The summed E-state index contributed by atoms with van der Waals surface area (Å²) >= 11 is 2.98. The van der Waals surface area contributed by atoms with E-state index in [9.17, 15) is 9.59 Å². The van der Waals surface area contributed by atoms with E-state index in [1.807, 2.05) is 30.3 Å². The molecule has 0 atom stereocenters. The third-order valence-electron chi connectivity index (χ3n) is 4.58. The van der Waals surface area contributed by atoms with Crippen molar-refractivity contribution in [3.8, 4) is 0 Å². The van der Waals surface area contributed by atoms with Crippen molar-refractivity contribution < 1.29 is 4.79 Å². The second-order valence-corrected chi connectivity index (χ2v) is 8.25. The van der Waals surface area contributed by atoms with Gasteiger partial charge in [0, 0.05) is 17.5 Å². The molecule has 128 valence electrons. The predicted molar refractivity (Wildman–Crippen MR) is 103 cm³/mol. The number of carbonyl (C=O) groups excluding carboxylic acids is 1. The lowest BCUT2D eigenvalue weighted by atomic mass is 9.97. The normalized spacial score (nSPS) is 13.8. The molecule has 6 heteroatoms. The molecule has 0 amide bonds. The zero-order chi connectivity index (χ0) is 17.4. The van der Waals surface area contributed by atoms with Gasteiger partial charge in [0.15, 0.2) is 10.9 Å². The van der Waals surface area contributed by atoms with Crippen molar-refractivity contribution >= 4 is 39.1 Å². The van der Waals surface area contributed by atoms with Crippen LogP contribution in [0.2, 0.25) is 0 Å². The Morgan fingerprint density at radius 1 is 1.24 bits per heavy atom. The number of hydrogen-bond acceptors (Lipinski definition) is 5. The summed E-state index contributed by atoms with van der Waals surface area (Å²) in [6.45, 7) is 0. The molecule has 0 aliphatic heterocycles. The van der Waals surface area contributed by atoms with Crippen LogP contribution in [0.1, 0.15) is 33.6 Å². The van der Waals surface area contributed by atoms with Crippen LogP contribution in [-0.2, 0) is 19.9 Å². The van der Waals surface area contributed by atoms with E-state index in [0.29, 0.717) is 10.7 Å². The van der Waals surface area contributed by atoms with Crippen LogP contribution in [0.4, 0.5) is 0 Å². The van der Waals surface area contributed by atoms with Gasteiger partial charge in [0.2, 0.25) is 0 Å². The summed E-state index contributed by atoms with van der Waals surface area (Å²) in [5, 5.41) is 1.40. The smallest absolute Gasteiger partial charge is 0.262 e. The zero-order valence-electron chi connectivity index (χ0n) is 13.9. The highest BCUT2D eigenvalue weighted by Crippen LogP contribution is 2.34. The average Bonchev–Trinajstić information content (AvgIpc) is 3.02. The molecular weight excluding hydrogens is 352 g/mol. The van der Waals surface area contributed by atoms with Gasteiger partial charge in [0.1, 0.15) is 4.83 Å². The maximum atomic E-state index is 12.8. The number of carbonyl (C=O) groups is 1. The van der Waals surface area contributed by atoms with E-state index in [0.717, 1.165) is 29.5 Å². The third kappa shape index (κ3) is 3.04. The van der Waals surface area contributed by atoms with E-state index < -0.39 is 0 Å². The van der Waals surface area contributed by atoms with Gasteiger partial charge in [-0.05, 0) is 31.2 Å². The molecule has 0 N–H and O–H groups in total. The predicted octanol–water partition coefficient (Wildman–Crippen LogP) is 3.85. The van der Waals surface area contributed by atoms with Crippen molar-refractivity contribution in [1.29, 1.82) is 0 Å². The lowest BCUT2D eigenvalue weighted by Crippen LogP contribution is -2.21. The maximum Gasteiger partial charge on any atom is 0.262 e. The molecule has 4 nitrogen and oxygen atoms in total. The molecule has 1 aromatic carbocycles. The topological polar surface area (TPSA) is 52.0 Å². The monoisotopic (exact) mass is 370 g/mol. The Bertz CT molecular complexity index is 1010. The minimum absolute atomic E-state index is 0.0130. The quantitative estimate of drug-likeness (QED) is 0.398. The SMILES string of the molecule is Cn1c(SCC(=O)c2ccccc2)nc2sc3c(c2c1=O)CCCC3. The van der Waals surface area contributed by atoms with Crippen molar-refractivity contribution in [1.82, 2.24) is 9.55 Å². The molecule has 0 saturated carbocycles. The minimum atomic E-state index is 0.0130. The van der Waals surface area contributed by atoms with Gasteiger partial charge in [-0.2, -0.15) is 0 Å². The highest BCUT2D eigenvalue weighted by atomic mass is 32.2. The molecular formula is C19H18N2O2S2. The molecule has 1 aliphatic rings. The van der Waals surface area contributed by atoms with Crippen LogP contribution in [0.5, 0.6) is 0 Å². The number of aryl methyl sites for hydroxylation is 2. The van der Waals surface area contributed by atoms with Gasteiger partial charge in [-0.25, -0.2) is 4.98 Å². The number of benzene rings is 1. The molecule has 0 fully saturated rings. The van der Waals surface area contributed by atoms with Gasteiger partial charge >= 0.3 is 0 Å². The van der Waals surface area contributed by atoms with E-state index in [1.54, 1.807) is 23.0 Å². The van der Waals surface area contributed by atoms with Crippen molar-refractivity contribution in [3.05, 3.63) is 56.7 Å². The summed E-state index contributed by atoms with van der Waals surface area (Å²) in [5.41, 5.74) is 1.91. The molecule has 0 bridgehead atoms. The summed E-state index contributed by atoms with van der Waals surface area (Å²) < 4.78 is 1.59. The van der Waals surface area contributed by atoms with Crippen LogP contribution in [-0.4, -0.2) is 21.1 Å². The van der Waals surface area contributed by atoms with E-state index >= 15 is 0 Å². The van der Waals surface area contributed by atoms with E-state index in [4.69, 9.17) is 4.98 Å². The Morgan fingerprint density at radius 3 is 2.80 bits per heavy atom. The highest BCUT2D eigenvalue weighted by Gasteiger charge is 2.21. The van der Waals surface area contributed by atoms with Crippen LogP contribution < -0.4 is 5.56 Å². The number of hydrogen-bond donors (Lipinski definition) is 0. The lowest BCUT2D eigenvalue weighted by Gasteiger charge is -2.10. The largest absolute Gasteiger partial charge is 0.293 e. The van der Waals surface area contributed by atoms with Crippen LogP contribution in [0.15, 0.2) is 40.3 Å². The number of Topliss-reactive ketones (excluding diaryl/α,β-unsaturated/α-hetero) is 1. The van der Waals surface area contributed by atoms with Crippen LogP contribution in [0, 0.1) is 0 Å². The van der Waals surface area contributed by atoms with Crippen molar-refractivity contribution in [2.24, 2.45) is 7.05 Å². The second-order valence-electron chi connectivity index (χ2n) is 6.23. The fourth-order valence-electron chi connectivity index (χ4n) is 3.23. The van der Waals surface area contributed by atoms with Gasteiger partial charge in [-0.15, -0.1) is 11.3 Å². The van der Waals surface area contributed by atoms with Crippen molar-refractivity contribution in [2.75, 3.05) is 5.75 Å². The van der Waals surface area contributed by atoms with Crippen LogP contribution in [0.25, 0.3) is 10.2 Å². The molecule has 4 rings (SSSR count). The summed E-state index contributed by atoms with van der Waals surface area (Å²) in [7, 11) is 1.75. The number of aromatic nitrogens is 2. The van der Waals surface area contributed by atoms with Crippen molar-refractivity contribution in [3.63, 3.8) is 0 Å². The Morgan fingerprint density at radius 2 is 2.00 bits per heavy atom.